The molecule has 0 heterocycles. The van der Waals surface area contributed by atoms with Crippen LogP contribution in [-0.2, 0) is 11.2 Å². The minimum atomic E-state index is -0.267. The maximum absolute atomic E-state index is 13.1. The van der Waals surface area contributed by atoms with Crippen molar-refractivity contribution in [3.8, 4) is 5.75 Å². The van der Waals surface area contributed by atoms with Gasteiger partial charge in [-0.05, 0) is 48.9 Å². The van der Waals surface area contributed by atoms with Crippen LogP contribution < -0.4 is 15.4 Å². The van der Waals surface area contributed by atoms with E-state index in [9.17, 15) is 9.18 Å². The summed E-state index contributed by atoms with van der Waals surface area (Å²) >= 11 is 0. The number of halogens is 2. The van der Waals surface area contributed by atoms with Crippen molar-refractivity contribution in [2.75, 3.05) is 20.7 Å². The molecule has 0 radical (unpaired) electrons. The van der Waals surface area contributed by atoms with Crippen LogP contribution in [-0.4, -0.2) is 26.6 Å². The standard InChI is InChI=1S/C20H25FN2O2.ClH/c1-14(13-22-2)20(24)23-19(12-15-4-8-17(21)9-5-15)16-6-10-18(25-3)11-7-16;/h4-11,14,19,22H,12-13H2,1-3H3,(H,23,24);1H. The van der Waals surface area contributed by atoms with Crippen molar-refractivity contribution >= 4 is 18.3 Å². The molecule has 2 aromatic rings. The predicted molar refractivity (Wildman–Crippen MR) is 104 cm³/mol. The molecule has 0 saturated carbocycles. The topological polar surface area (TPSA) is 50.4 Å². The molecule has 0 saturated heterocycles. The number of hydrogen-bond acceptors (Lipinski definition) is 3. The van der Waals surface area contributed by atoms with E-state index in [2.05, 4.69) is 10.6 Å². The molecule has 0 fully saturated rings. The first kappa shape index (κ1) is 21.9. The number of carbonyl (C=O) groups is 1. The third-order valence-corrected chi connectivity index (χ3v) is 4.15. The fraction of sp³-hybridized carbons (Fsp3) is 0.350. The van der Waals surface area contributed by atoms with Crippen molar-refractivity contribution in [2.45, 2.75) is 19.4 Å². The van der Waals surface area contributed by atoms with Crippen molar-refractivity contribution in [2.24, 2.45) is 5.92 Å². The first-order chi connectivity index (χ1) is 12.0. The van der Waals surface area contributed by atoms with Gasteiger partial charge in [0.1, 0.15) is 11.6 Å². The second-order valence-electron chi connectivity index (χ2n) is 6.12. The molecule has 2 rings (SSSR count). The zero-order chi connectivity index (χ0) is 18.2. The summed E-state index contributed by atoms with van der Waals surface area (Å²) in [6, 6.07) is 13.8. The second-order valence-corrected chi connectivity index (χ2v) is 6.12. The maximum Gasteiger partial charge on any atom is 0.224 e. The Morgan fingerprint density at radius 1 is 1.12 bits per heavy atom. The van der Waals surface area contributed by atoms with Gasteiger partial charge in [-0.15, -0.1) is 12.4 Å². The highest BCUT2D eigenvalue weighted by Gasteiger charge is 2.19. The molecule has 142 valence electrons. The Morgan fingerprint density at radius 2 is 1.73 bits per heavy atom. The fourth-order valence-electron chi connectivity index (χ4n) is 2.66. The first-order valence-corrected chi connectivity index (χ1v) is 8.37. The van der Waals surface area contributed by atoms with Gasteiger partial charge in [-0.3, -0.25) is 4.79 Å². The van der Waals surface area contributed by atoms with Crippen molar-refractivity contribution < 1.29 is 13.9 Å². The van der Waals surface area contributed by atoms with E-state index in [1.54, 1.807) is 19.2 Å². The summed E-state index contributed by atoms with van der Waals surface area (Å²) in [5, 5.41) is 6.12. The van der Waals surface area contributed by atoms with E-state index < -0.39 is 0 Å². The highest BCUT2D eigenvalue weighted by molar-refractivity contribution is 5.85. The first-order valence-electron chi connectivity index (χ1n) is 8.37. The molecule has 0 spiro atoms. The van der Waals surface area contributed by atoms with E-state index >= 15 is 0 Å². The summed E-state index contributed by atoms with van der Waals surface area (Å²) in [6.07, 6.45) is 0.588. The number of nitrogens with one attached hydrogen (secondary N) is 2. The van der Waals surface area contributed by atoms with Crippen LogP contribution in [0.1, 0.15) is 24.1 Å². The van der Waals surface area contributed by atoms with Crippen LogP contribution in [0.3, 0.4) is 0 Å². The minimum absolute atomic E-state index is 0. The lowest BCUT2D eigenvalue weighted by molar-refractivity contribution is -0.125. The number of carbonyl (C=O) groups excluding carboxylic acids is 1. The quantitative estimate of drug-likeness (QED) is 0.736. The summed E-state index contributed by atoms with van der Waals surface area (Å²) in [5.74, 6) is 0.340. The van der Waals surface area contributed by atoms with E-state index in [-0.39, 0.29) is 36.1 Å². The molecule has 0 aliphatic carbocycles. The Kier molecular flexibility index (Phi) is 9.10. The molecule has 2 atom stereocenters. The smallest absolute Gasteiger partial charge is 0.224 e. The molecule has 26 heavy (non-hydrogen) atoms. The second kappa shape index (κ2) is 10.8. The molecule has 0 aromatic heterocycles. The van der Waals surface area contributed by atoms with E-state index in [4.69, 9.17) is 4.74 Å². The SMILES string of the molecule is CNCC(C)C(=O)NC(Cc1ccc(F)cc1)c1ccc(OC)cc1.Cl. The third-order valence-electron chi connectivity index (χ3n) is 4.15. The third kappa shape index (κ3) is 6.32. The molecule has 2 aromatic carbocycles. The molecule has 2 unspecified atom stereocenters. The number of ether oxygens (including phenoxy) is 1. The normalized spacial score (nSPS) is 12.6. The van der Waals surface area contributed by atoms with Crippen LogP contribution in [0.2, 0.25) is 0 Å². The van der Waals surface area contributed by atoms with E-state index in [0.29, 0.717) is 13.0 Å². The number of rotatable bonds is 8. The Hall–Kier alpha value is -2.11. The van der Waals surface area contributed by atoms with Gasteiger partial charge in [-0.2, -0.15) is 0 Å². The van der Waals surface area contributed by atoms with Crippen LogP contribution in [0.15, 0.2) is 48.5 Å². The van der Waals surface area contributed by atoms with Gasteiger partial charge < -0.3 is 15.4 Å². The largest absolute Gasteiger partial charge is 0.497 e. The van der Waals surface area contributed by atoms with Gasteiger partial charge in [0.05, 0.1) is 13.2 Å². The van der Waals surface area contributed by atoms with Gasteiger partial charge in [-0.25, -0.2) is 4.39 Å². The summed E-state index contributed by atoms with van der Waals surface area (Å²) in [6.45, 7) is 2.49. The van der Waals surface area contributed by atoms with Gasteiger partial charge >= 0.3 is 0 Å². The molecule has 0 aliphatic heterocycles. The monoisotopic (exact) mass is 380 g/mol. The van der Waals surface area contributed by atoms with Crippen molar-refractivity contribution in [3.63, 3.8) is 0 Å². The lowest BCUT2D eigenvalue weighted by Gasteiger charge is -2.22. The van der Waals surface area contributed by atoms with Crippen LogP contribution in [0, 0.1) is 11.7 Å². The Labute approximate surface area is 160 Å². The van der Waals surface area contributed by atoms with E-state index in [0.717, 1.165) is 16.9 Å². The highest BCUT2D eigenvalue weighted by Crippen LogP contribution is 2.22. The fourth-order valence-corrected chi connectivity index (χ4v) is 2.66. The predicted octanol–water partition coefficient (Wildman–Crippen LogP) is 3.51. The Bertz CT molecular complexity index is 677. The average Bonchev–Trinajstić information content (AvgIpc) is 2.63. The molecule has 1 amide bonds. The van der Waals surface area contributed by atoms with Gasteiger partial charge in [0, 0.05) is 12.5 Å². The van der Waals surface area contributed by atoms with E-state index in [1.165, 1.54) is 12.1 Å². The summed E-state index contributed by atoms with van der Waals surface area (Å²) in [5.41, 5.74) is 1.94. The molecule has 2 N–H and O–H groups in total. The van der Waals surface area contributed by atoms with Gasteiger partial charge in [0.2, 0.25) is 5.91 Å². The molecular formula is C20H26ClFN2O2. The van der Waals surface area contributed by atoms with Crippen LogP contribution in [0.4, 0.5) is 4.39 Å². The number of amides is 1. The van der Waals surface area contributed by atoms with Crippen LogP contribution in [0.5, 0.6) is 5.75 Å². The lowest BCUT2D eigenvalue weighted by atomic mass is 9.97. The lowest BCUT2D eigenvalue weighted by Crippen LogP contribution is -2.37. The molecule has 0 bridgehead atoms. The Morgan fingerprint density at radius 3 is 2.27 bits per heavy atom. The van der Waals surface area contributed by atoms with Gasteiger partial charge in [-0.1, -0.05) is 31.2 Å². The number of benzene rings is 2. The highest BCUT2D eigenvalue weighted by atomic mass is 35.5. The molecule has 6 heteroatoms. The summed E-state index contributed by atoms with van der Waals surface area (Å²) < 4.78 is 18.3. The van der Waals surface area contributed by atoms with Gasteiger partial charge in [0.15, 0.2) is 0 Å². The van der Waals surface area contributed by atoms with Crippen LogP contribution in [0.25, 0.3) is 0 Å². The zero-order valence-electron chi connectivity index (χ0n) is 15.3. The maximum atomic E-state index is 13.1. The van der Waals surface area contributed by atoms with Crippen molar-refractivity contribution in [3.05, 3.63) is 65.5 Å². The van der Waals surface area contributed by atoms with Crippen molar-refractivity contribution in [1.82, 2.24) is 10.6 Å². The zero-order valence-corrected chi connectivity index (χ0v) is 16.1. The minimum Gasteiger partial charge on any atom is -0.497 e. The summed E-state index contributed by atoms with van der Waals surface area (Å²) in [4.78, 5) is 12.4. The number of hydrogen-bond donors (Lipinski definition) is 2. The molecule has 0 aliphatic rings. The Balaban J connectivity index is 0.00000338. The van der Waals surface area contributed by atoms with E-state index in [1.807, 2.05) is 38.2 Å². The van der Waals surface area contributed by atoms with Crippen molar-refractivity contribution in [1.29, 1.82) is 0 Å². The molecule has 4 nitrogen and oxygen atoms in total. The van der Waals surface area contributed by atoms with Crippen LogP contribution >= 0.6 is 12.4 Å². The molecular weight excluding hydrogens is 355 g/mol. The summed E-state index contributed by atoms with van der Waals surface area (Å²) in [7, 11) is 3.44. The van der Waals surface area contributed by atoms with Gasteiger partial charge in [0.25, 0.3) is 0 Å². The number of methoxy groups -OCH3 is 1. The average molecular weight is 381 g/mol.